The van der Waals surface area contributed by atoms with E-state index in [0.29, 0.717) is 22.7 Å². The van der Waals surface area contributed by atoms with E-state index in [1.807, 2.05) is 0 Å². The first kappa shape index (κ1) is 82.5. The monoisotopic (exact) mass is 1410 g/mol. The van der Waals surface area contributed by atoms with Crippen molar-refractivity contribution in [2.24, 2.45) is 111 Å². The summed E-state index contributed by atoms with van der Waals surface area (Å²) in [6.45, 7) is 46.1. The zero-order valence-electron chi connectivity index (χ0n) is 68.2. The minimum Gasteiger partial charge on any atom is -0.0651 e. The molecule has 14 atom stereocenters. The quantitative estimate of drug-likeness (QED) is 0.0952. The van der Waals surface area contributed by atoms with E-state index in [1.54, 1.807) is 51.4 Å². The molecule has 0 bridgehead atoms. The van der Waals surface area contributed by atoms with Crippen LogP contribution in [0.15, 0.2) is 146 Å². The molecule has 7 aliphatic carbocycles. The van der Waals surface area contributed by atoms with Crippen LogP contribution in [0.3, 0.4) is 0 Å². The van der Waals surface area contributed by atoms with Gasteiger partial charge in [0.1, 0.15) is 0 Å². The molecule has 0 N–H and O–H groups in total. The van der Waals surface area contributed by atoms with Crippen LogP contribution in [0, 0.1) is 111 Å². The molecule has 101 heavy (non-hydrogen) atoms. The summed E-state index contributed by atoms with van der Waals surface area (Å²) in [6.07, 6.45) is 36.1. The van der Waals surface area contributed by atoms with Gasteiger partial charge in [-0.15, -0.1) is 0 Å². The smallest absolute Gasteiger partial charge is 0 e. The van der Waals surface area contributed by atoms with Gasteiger partial charge in [-0.1, -0.05) is 354 Å². The molecule has 14 unspecified atom stereocenters. The van der Waals surface area contributed by atoms with E-state index in [2.05, 4.69) is 277 Å². The first-order valence-corrected chi connectivity index (χ1v) is 42.5. The van der Waals surface area contributed by atoms with Crippen LogP contribution < -0.4 is 0 Å². The summed E-state index contributed by atoms with van der Waals surface area (Å²) in [5.74, 6) is 17.7. The van der Waals surface area contributed by atoms with Gasteiger partial charge in [-0.3, -0.25) is 0 Å². The number of benzene rings is 7. The Morgan fingerprint density at radius 3 is 1.50 bits per heavy atom. The summed E-state index contributed by atoms with van der Waals surface area (Å²) < 4.78 is 0. The Hall–Kier alpha value is -4.16. The zero-order valence-corrected chi connectivity index (χ0v) is 69.3. The molecule has 0 saturated heterocycles. The molecule has 0 radical (unpaired) electrons. The predicted octanol–water partition coefficient (Wildman–Crippen LogP) is 31.6. The van der Waals surface area contributed by atoms with E-state index < -0.39 is 0 Å². The number of hydrogen-bond donors (Lipinski definition) is 0. The summed E-state index contributed by atoms with van der Waals surface area (Å²) >= 11 is 0. The largest absolute Gasteiger partial charge is 0.0651 e. The fraction of sp³-hybridized carbons (Fsp3) is 0.640. The Morgan fingerprint density at radius 2 is 0.921 bits per heavy atom. The third kappa shape index (κ3) is 20.5. The molecule has 1 heteroatoms. The standard InChI is InChI=1S/C30H54.C23H20.C19H18.C13H26.C10H20.C5H10.Fe/c1-20(2)9-8-10-22(5)26-13-14-27-25-12-11-24-19-23(21(3)4)15-17-29(24,6)28(25)16-18-30(26,27)7;1-16(2)19-15-14-18-9-4-6-12-21(18)23(19)22-13-7-10-17-8-3-5-11-20(17)22;1-14(2)16-10-5-6-12-18(16)19-13-7-9-15-8-3-4-11-17(15)19;1-9(2)12-7-6-11(5)8-13(12)10(3)4;1-4-9-6-5-7-10(9)8(2)3;1-2-4-5-3-1;/h20-28H,8-19H2,1-7H3;3-16H,1-2H3;3-14H,1-2H3;9-13H,6-8H2,1-5H3;8-10H,4-7H2,1-3H3;1-5H2;. The number of hydrogen-bond acceptors (Lipinski definition) is 0. The van der Waals surface area contributed by atoms with Crippen LogP contribution in [0.5, 0.6) is 0 Å². The Kier molecular flexibility index (Phi) is 31.8. The van der Waals surface area contributed by atoms with Gasteiger partial charge in [0.2, 0.25) is 0 Å². The second-order valence-electron chi connectivity index (χ2n) is 37.2. The van der Waals surface area contributed by atoms with Crippen molar-refractivity contribution < 1.29 is 17.1 Å². The van der Waals surface area contributed by atoms with E-state index in [1.165, 1.54) is 168 Å². The van der Waals surface area contributed by atoms with Crippen LogP contribution >= 0.6 is 0 Å². The third-order valence-electron chi connectivity index (χ3n) is 28.4. The van der Waals surface area contributed by atoms with E-state index in [-0.39, 0.29) is 17.1 Å². The molecule has 0 spiro atoms. The van der Waals surface area contributed by atoms with Crippen LogP contribution in [0.1, 0.15) is 309 Å². The Morgan fingerprint density at radius 1 is 0.396 bits per heavy atom. The number of fused-ring (bicyclic) bond motifs is 8. The average molecular weight is 1410 g/mol. The van der Waals surface area contributed by atoms with Gasteiger partial charge in [0.15, 0.2) is 0 Å². The topological polar surface area (TPSA) is 0 Å². The summed E-state index contributed by atoms with van der Waals surface area (Å²) in [6, 6.07) is 52.4. The van der Waals surface area contributed by atoms with Gasteiger partial charge < -0.3 is 0 Å². The van der Waals surface area contributed by atoms with E-state index >= 15 is 0 Å². The fourth-order valence-corrected chi connectivity index (χ4v) is 22.5. The van der Waals surface area contributed by atoms with Gasteiger partial charge >= 0.3 is 0 Å². The Bertz CT molecular complexity index is 3530. The normalized spacial score (nSPS) is 27.8. The van der Waals surface area contributed by atoms with Crippen LogP contribution in [0.25, 0.3) is 54.6 Å². The number of rotatable bonds is 14. The maximum atomic E-state index is 2.76. The van der Waals surface area contributed by atoms with Crippen molar-refractivity contribution >= 4 is 32.3 Å². The molecule has 7 aromatic rings. The molecule has 556 valence electrons. The molecule has 0 amide bonds. The van der Waals surface area contributed by atoms with Crippen LogP contribution in [-0.4, -0.2) is 0 Å². The van der Waals surface area contributed by atoms with E-state index in [4.69, 9.17) is 0 Å². The summed E-state index contributed by atoms with van der Waals surface area (Å²) in [5, 5.41) is 7.91. The van der Waals surface area contributed by atoms with Gasteiger partial charge in [0.25, 0.3) is 0 Å². The summed E-state index contributed by atoms with van der Waals surface area (Å²) in [5.41, 5.74) is 9.59. The van der Waals surface area contributed by atoms with E-state index in [0.717, 1.165) is 101 Å². The second kappa shape index (κ2) is 38.9. The fourth-order valence-electron chi connectivity index (χ4n) is 22.5. The van der Waals surface area contributed by atoms with Gasteiger partial charge in [0, 0.05) is 17.1 Å². The van der Waals surface area contributed by atoms with Gasteiger partial charge in [-0.05, 0) is 266 Å². The predicted molar refractivity (Wildman–Crippen MR) is 445 cm³/mol. The molecule has 7 saturated carbocycles. The van der Waals surface area contributed by atoms with E-state index in [9.17, 15) is 0 Å². The van der Waals surface area contributed by atoms with Crippen molar-refractivity contribution in [2.75, 3.05) is 0 Å². The third-order valence-corrected chi connectivity index (χ3v) is 28.4. The zero-order chi connectivity index (χ0) is 71.8. The van der Waals surface area contributed by atoms with Crippen molar-refractivity contribution in [1.82, 2.24) is 0 Å². The maximum absolute atomic E-state index is 2.76. The molecule has 0 aromatic heterocycles. The first-order chi connectivity index (χ1) is 48.0. The van der Waals surface area contributed by atoms with Crippen molar-refractivity contribution in [3.8, 4) is 22.3 Å². The molecule has 14 rings (SSSR count). The minimum absolute atomic E-state index is 0. The molecule has 0 aliphatic heterocycles. The second-order valence-corrected chi connectivity index (χ2v) is 37.2. The van der Waals surface area contributed by atoms with Crippen molar-refractivity contribution in [2.45, 2.75) is 297 Å². The van der Waals surface area contributed by atoms with Crippen LogP contribution in [0.4, 0.5) is 0 Å². The van der Waals surface area contributed by atoms with Gasteiger partial charge in [-0.25, -0.2) is 0 Å². The first-order valence-electron chi connectivity index (χ1n) is 42.5. The SMILES string of the molecule is C1CCCC1.CC(C)CCCC(C)C1CCC2C3CCC4CC(C(C)C)CCC4(C)C3CCC12C.CC(C)c1ccc2ccccc2c1-c1cccc2ccccc12.CC(C)c1ccccc1-c1cccc2ccccc12.CC1CCC(C(C)C)C(C(C)C)C1.CCC1CCCC1C(C)C.[Fe]. The minimum atomic E-state index is 0. The van der Waals surface area contributed by atoms with Crippen molar-refractivity contribution in [3.63, 3.8) is 0 Å². The molecule has 7 aromatic carbocycles. The average Bonchev–Trinajstić information content (AvgIpc) is 1.67. The Labute approximate surface area is 633 Å². The molecule has 0 heterocycles. The molecule has 7 fully saturated rings. The molecule has 7 aliphatic rings. The van der Waals surface area contributed by atoms with Crippen LogP contribution in [-0.2, 0) is 17.1 Å². The molecular formula is C100H148Fe. The maximum Gasteiger partial charge on any atom is 0 e. The van der Waals surface area contributed by atoms with Crippen molar-refractivity contribution in [3.05, 3.63) is 157 Å². The van der Waals surface area contributed by atoms with Gasteiger partial charge in [-0.2, -0.15) is 0 Å². The van der Waals surface area contributed by atoms with Crippen molar-refractivity contribution in [1.29, 1.82) is 0 Å². The summed E-state index contributed by atoms with van der Waals surface area (Å²) in [7, 11) is 0. The van der Waals surface area contributed by atoms with Gasteiger partial charge in [0.05, 0.1) is 0 Å². The Balaban J connectivity index is 0.000000164. The molecular weight excluding hydrogens is 1260 g/mol. The molecule has 0 nitrogen and oxygen atoms in total. The summed E-state index contributed by atoms with van der Waals surface area (Å²) in [4.78, 5) is 0. The van der Waals surface area contributed by atoms with Crippen LogP contribution in [0.2, 0.25) is 0 Å².